The number of hydrogen-bond donors (Lipinski definition) is 1. The van der Waals surface area contributed by atoms with E-state index in [0.29, 0.717) is 0 Å². The maximum atomic E-state index is 12.4. The highest BCUT2D eigenvalue weighted by Crippen LogP contribution is 2.19. The highest BCUT2D eigenvalue weighted by atomic mass is 35.5. The zero-order chi connectivity index (χ0) is 18.2. The molecule has 1 amide bonds. The minimum Gasteiger partial charge on any atom is -0.356 e. The summed E-state index contributed by atoms with van der Waals surface area (Å²) in [6, 6.07) is 18.5. The maximum Gasteiger partial charge on any atom is 0.223 e. The van der Waals surface area contributed by atoms with Gasteiger partial charge >= 0.3 is 0 Å². The van der Waals surface area contributed by atoms with Gasteiger partial charge in [0.2, 0.25) is 5.91 Å². The van der Waals surface area contributed by atoms with Crippen molar-refractivity contribution in [2.45, 2.75) is 32.2 Å². The Morgan fingerprint density at radius 3 is 2.38 bits per heavy atom. The topological polar surface area (TPSA) is 32.3 Å². The van der Waals surface area contributed by atoms with E-state index in [2.05, 4.69) is 34.5 Å². The van der Waals surface area contributed by atoms with Crippen LogP contribution in [-0.4, -0.2) is 30.4 Å². The number of likely N-dealkylation sites (tertiary alicyclic amines) is 1. The largest absolute Gasteiger partial charge is 0.356 e. The van der Waals surface area contributed by atoms with Gasteiger partial charge in [-0.25, -0.2) is 0 Å². The molecule has 0 atom stereocenters. The Balaban J connectivity index is 1.32. The van der Waals surface area contributed by atoms with Crippen LogP contribution in [-0.2, 0) is 17.8 Å². The highest BCUT2D eigenvalue weighted by Gasteiger charge is 2.24. The summed E-state index contributed by atoms with van der Waals surface area (Å²) >= 11 is 5.90. The molecule has 1 heterocycles. The molecule has 2 aromatic carbocycles. The minimum absolute atomic E-state index is 0.164. The number of piperidine rings is 1. The van der Waals surface area contributed by atoms with Crippen molar-refractivity contribution in [1.82, 2.24) is 10.2 Å². The monoisotopic (exact) mass is 370 g/mol. The molecule has 0 spiro atoms. The Hall–Kier alpha value is -1.84. The predicted molar refractivity (Wildman–Crippen MR) is 107 cm³/mol. The van der Waals surface area contributed by atoms with E-state index in [1.54, 1.807) is 0 Å². The van der Waals surface area contributed by atoms with Crippen LogP contribution in [0.1, 0.15) is 30.4 Å². The van der Waals surface area contributed by atoms with E-state index in [9.17, 15) is 4.79 Å². The SMILES string of the molecule is O=C(NCCCc1ccc(Cl)cc1)C1CCN(Cc2ccccc2)CC1. The summed E-state index contributed by atoms with van der Waals surface area (Å²) in [6.45, 7) is 3.72. The maximum absolute atomic E-state index is 12.4. The third kappa shape index (κ3) is 5.86. The first-order chi connectivity index (χ1) is 12.7. The van der Waals surface area contributed by atoms with Gasteiger partial charge in [-0.15, -0.1) is 0 Å². The third-order valence-corrected chi connectivity index (χ3v) is 5.31. The van der Waals surface area contributed by atoms with E-state index in [1.165, 1.54) is 11.1 Å². The lowest BCUT2D eigenvalue weighted by Gasteiger charge is -2.31. The summed E-state index contributed by atoms with van der Waals surface area (Å²) in [4.78, 5) is 14.8. The molecular formula is C22H27ClN2O. The fourth-order valence-corrected chi connectivity index (χ4v) is 3.62. The molecule has 0 aromatic heterocycles. The van der Waals surface area contributed by atoms with Crippen LogP contribution in [0.4, 0.5) is 0 Å². The molecule has 0 saturated carbocycles. The van der Waals surface area contributed by atoms with Crippen molar-refractivity contribution in [2.24, 2.45) is 5.92 Å². The molecule has 1 fully saturated rings. The molecule has 138 valence electrons. The van der Waals surface area contributed by atoms with Crippen LogP contribution < -0.4 is 5.32 Å². The van der Waals surface area contributed by atoms with Gasteiger partial charge in [0.1, 0.15) is 0 Å². The lowest BCUT2D eigenvalue weighted by atomic mass is 9.95. The molecule has 26 heavy (non-hydrogen) atoms. The Labute approximate surface area is 161 Å². The normalized spacial score (nSPS) is 15.7. The number of nitrogens with one attached hydrogen (secondary N) is 1. The molecule has 1 saturated heterocycles. The first-order valence-corrected chi connectivity index (χ1v) is 9.87. The van der Waals surface area contributed by atoms with Gasteiger partial charge in [0.25, 0.3) is 0 Å². The summed E-state index contributed by atoms with van der Waals surface area (Å²) in [7, 11) is 0. The van der Waals surface area contributed by atoms with E-state index in [-0.39, 0.29) is 11.8 Å². The minimum atomic E-state index is 0.164. The van der Waals surface area contributed by atoms with Gasteiger partial charge in [-0.1, -0.05) is 54.1 Å². The number of amides is 1. The summed E-state index contributed by atoms with van der Waals surface area (Å²) in [5.74, 6) is 0.387. The van der Waals surface area contributed by atoms with Crippen molar-refractivity contribution in [1.29, 1.82) is 0 Å². The van der Waals surface area contributed by atoms with Crippen LogP contribution in [0.2, 0.25) is 5.02 Å². The summed E-state index contributed by atoms with van der Waals surface area (Å²) in [6.07, 6.45) is 3.83. The summed E-state index contributed by atoms with van der Waals surface area (Å²) in [5.41, 5.74) is 2.61. The van der Waals surface area contributed by atoms with Crippen molar-refractivity contribution in [3.63, 3.8) is 0 Å². The second-order valence-electron chi connectivity index (χ2n) is 7.06. The average Bonchev–Trinajstić information content (AvgIpc) is 2.68. The van der Waals surface area contributed by atoms with Crippen LogP contribution in [0.3, 0.4) is 0 Å². The van der Waals surface area contributed by atoms with E-state index in [1.807, 2.05) is 30.3 Å². The molecule has 3 nitrogen and oxygen atoms in total. The fourth-order valence-electron chi connectivity index (χ4n) is 3.49. The number of carbonyl (C=O) groups is 1. The van der Waals surface area contributed by atoms with E-state index in [4.69, 9.17) is 11.6 Å². The third-order valence-electron chi connectivity index (χ3n) is 5.06. The highest BCUT2D eigenvalue weighted by molar-refractivity contribution is 6.30. The molecule has 2 aromatic rings. The number of carbonyl (C=O) groups excluding carboxylic acids is 1. The molecule has 0 unspecified atom stereocenters. The molecule has 0 aliphatic carbocycles. The zero-order valence-electron chi connectivity index (χ0n) is 15.2. The van der Waals surface area contributed by atoms with Gasteiger partial charge < -0.3 is 5.32 Å². The molecule has 1 N–H and O–H groups in total. The van der Waals surface area contributed by atoms with Crippen LogP contribution >= 0.6 is 11.6 Å². The van der Waals surface area contributed by atoms with Crippen molar-refractivity contribution >= 4 is 17.5 Å². The molecule has 1 aliphatic heterocycles. The quantitative estimate of drug-likeness (QED) is 0.737. The first-order valence-electron chi connectivity index (χ1n) is 9.49. The summed E-state index contributed by atoms with van der Waals surface area (Å²) < 4.78 is 0. The Bertz CT molecular complexity index is 679. The molecule has 1 aliphatic rings. The van der Waals surface area contributed by atoms with Crippen molar-refractivity contribution in [2.75, 3.05) is 19.6 Å². The number of nitrogens with zero attached hydrogens (tertiary/aromatic N) is 1. The van der Waals surface area contributed by atoms with Crippen LogP contribution in [0.5, 0.6) is 0 Å². The van der Waals surface area contributed by atoms with Crippen molar-refractivity contribution in [3.05, 3.63) is 70.7 Å². The van der Waals surface area contributed by atoms with Gasteiger partial charge in [0, 0.05) is 24.0 Å². The van der Waals surface area contributed by atoms with Crippen LogP contribution in [0.25, 0.3) is 0 Å². The fraction of sp³-hybridized carbons (Fsp3) is 0.409. The van der Waals surface area contributed by atoms with E-state index >= 15 is 0 Å². The van der Waals surface area contributed by atoms with Crippen molar-refractivity contribution < 1.29 is 4.79 Å². The number of halogens is 1. The van der Waals surface area contributed by atoms with Gasteiger partial charge in [-0.2, -0.15) is 0 Å². The molecular weight excluding hydrogens is 344 g/mol. The van der Waals surface area contributed by atoms with Gasteiger partial charge in [-0.3, -0.25) is 9.69 Å². The standard InChI is InChI=1S/C22H27ClN2O/c23-21-10-8-18(9-11-21)7-4-14-24-22(26)20-12-15-25(16-13-20)17-19-5-2-1-3-6-19/h1-3,5-6,8-11,20H,4,7,12-17H2,(H,24,26). The number of hydrogen-bond acceptors (Lipinski definition) is 2. The second kappa shape index (κ2) is 9.75. The Morgan fingerprint density at radius 1 is 1.00 bits per heavy atom. The van der Waals surface area contributed by atoms with E-state index in [0.717, 1.165) is 56.9 Å². The van der Waals surface area contributed by atoms with Gasteiger partial charge in [0.15, 0.2) is 0 Å². The average molecular weight is 371 g/mol. The lowest BCUT2D eigenvalue weighted by Crippen LogP contribution is -2.40. The van der Waals surface area contributed by atoms with Crippen LogP contribution in [0.15, 0.2) is 54.6 Å². The Morgan fingerprint density at radius 2 is 1.69 bits per heavy atom. The van der Waals surface area contributed by atoms with E-state index < -0.39 is 0 Å². The number of rotatable bonds is 7. The zero-order valence-corrected chi connectivity index (χ0v) is 15.9. The predicted octanol–water partition coefficient (Wildman–Crippen LogP) is 4.30. The van der Waals surface area contributed by atoms with Crippen LogP contribution in [0, 0.1) is 5.92 Å². The Kier molecular flexibility index (Phi) is 7.10. The molecule has 0 radical (unpaired) electrons. The van der Waals surface area contributed by atoms with Crippen molar-refractivity contribution in [3.8, 4) is 0 Å². The smallest absolute Gasteiger partial charge is 0.223 e. The first kappa shape index (κ1) is 18.9. The number of aryl methyl sites for hydroxylation is 1. The van der Waals surface area contributed by atoms with Gasteiger partial charge in [-0.05, 0) is 62.0 Å². The lowest BCUT2D eigenvalue weighted by molar-refractivity contribution is -0.126. The molecule has 4 heteroatoms. The number of benzene rings is 2. The molecule has 3 rings (SSSR count). The van der Waals surface area contributed by atoms with Gasteiger partial charge in [0.05, 0.1) is 0 Å². The molecule has 0 bridgehead atoms. The summed E-state index contributed by atoms with van der Waals surface area (Å²) in [5, 5.41) is 3.88. The second-order valence-corrected chi connectivity index (χ2v) is 7.49.